The van der Waals surface area contributed by atoms with Crippen LogP contribution < -0.4 is 5.32 Å². The Morgan fingerprint density at radius 3 is 2.67 bits per heavy atom. The maximum absolute atomic E-state index is 13.1. The Morgan fingerprint density at radius 1 is 1.17 bits per heavy atom. The quantitative estimate of drug-likeness (QED) is 0.810. The second-order valence-corrected chi connectivity index (χ2v) is 5.22. The van der Waals surface area contributed by atoms with Crippen LogP contribution in [0.25, 0.3) is 0 Å². The van der Waals surface area contributed by atoms with Crippen molar-refractivity contribution < 1.29 is 13.2 Å². The van der Waals surface area contributed by atoms with E-state index < -0.39 is 11.7 Å². The van der Waals surface area contributed by atoms with Gasteiger partial charge in [-0.3, -0.25) is 0 Å². The maximum Gasteiger partial charge on any atom is 0.416 e. The highest BCUT2D eigenvalue weighted by molar-refractivity contribution is 5.44. The minimum atomic E-state index is -4.23. The van der Waals surface area contributed by atoms with Crippen LogP contribution >= 0.6 is 0 Å². The molecule has 3 rings (SSSR count). The average molecular weight is 255 g/mol. The number of aryl methyl sites for hydroxylation is 1. The molecule has 1 aliphatic heterocycles. The monoisotopic (exact) mass is 255 g/mol. The van der Waals surface area contributed by atoms with Gasteiger partial charge in [-0.05, 0) is 49.4 Å². The van der Waals surface area contributed by atoms with Gasteiger partial charge < -0.3 is 5.32 Å². The van der Waals surface area contributed by atoms with Crippen molar-refractivity contribution in [1.29, 1.82) is 0 Å². The molecule has 1 fully saturated rings. The Labute approximate surface area is 104 Å². The molecular weight excluding hydrogens is 239 g/mol. The molecule has 0 spiro atoms. The van der Waals surface area contributed by atoms with Gasteiger partial charge in [0.25, 0.3) is 0 Å². The molecule has 18 heavy (non-hydrogen) atoms. The van der Waals surface area contributed by atoms with E-state index >= 15 is 0 Å². The molecule has 0 saturated carbocycles. The third-order valence-electron chi connectivity index (χ3n) is 4.18. The first-order valence-corrected chi connectivity index (χ1v) is 6.50. The van der Waals surface area contributed by atoms with Gasteiger partial charge in [-0.1, -0.05) is 12.1 Å². The number of rotatable bonds is 1. The second-order valence-electron chi connectivity index (χ2n) is 5.22. The highest BCUT2D eigenvalue weighted by atomic mass is 19.4. The fourth-order valence-electron chi connectivity index (χ4n) is 3.43. The highest BCUT2D eigenvalue weighted by Gasteiger charge is 2.40. The van der Waals surface area contributed by atoms with Crippen LogP contribution in [0.3, 0.4) is 0 Å². The number of nitrogens with one attached hydrogen (secondary N) is 1. The lowest BCUT2D eigenvalue weighted by Crippen LogP contribution is -2.29. The van der Waals surface area contributed by atoms with E-state index in [1.165, 1.54) is 12.1 Å². The maximum atomic E-state index is 13.1. The molecule has 2 aliphatic rings. The lowest BCUT2D eigenvalue weighted by molar-refractivity contribution is -0.138. The van der Waals surface area contributed by atoms with Crippen LogP contribution in [-0.4, -0.2) is 12.6 Å². The van der Waals surface area contributed by atoms with Gasteiger partial charge in [0.1, 0.15) is 0 Å². The molecule has 2 unspecified atom stereocenters. The summed E-state index contributed by atoms with van der Waals surface area (Å²) in [6.07, 6.45) is -0.532. The van der Waals surface area contributed by atoms with Crippen LogP contribution in [0.15, 0.2) is 18.2 Å². The van der Waals surface area contributed by atoms with Crippen LogP contribution in [0.2, 0.25) is 0 Å². The van der Waals surface area contributed by atoms with E-state index in [0.717, 1.165) is 37.8 Å². The lowest BCUT2D eigenvalue weighted by atomic mass is 9.88. The van der Waals surface area contributed by atoms with Crippen molar-refractivity contribution in [1.82, 2.24) is 5.32 Å². The Hall–Kier alpha value is -1.03. The van der Waals surface area contributed by atoms with Gasteiger partial charge in [-0.15, -0.1) is 0 Å². The summed E-state index contributed by atoms with van der Waals surface area (Å²) in [5.41, 5.74) is 1.03. The molecule has 1 heterocycles. The smallest absolute Gasteiger partial charge is 0.313 e. The van der Waals surface area contributed by atoms with Gasteiger partial charge in [-0.2, -0.15) is 13.2 Å². The Bertz CT molecular complexity index is 447. The normalized spacial score (nSPS) is 27.5. The first-order valence-electron chi connectivity index (χ1n) is 6.50. The summed E-state index contributed by atoms with van der Waals surface area (Å²) in [5.74, 6) is 0.0420. The third kappa shape index (κ3) is 1.92. The molecule has 1 N–H and O–H groups in total. The standard InChI is InChI=1S/C14H16F3N/c15-14(16,17)11-4-1-3-9-6-7-10(13(9)11)12-5-2-8-18-12/h1,3-4,10,12,18H,2,5-8H2. The summed E-state index contributed by atoms with van der Waals surface area (Å²) >= 11 is 0. The zero-order valence-corrected chi connectivity index (χ0v) is 10.1. The van der Waals surface area contributed by atoms with Crippen molar-refractivity contribution in [3.8, 4) is 0 Å². The van der Waals surface area contributed by atoms with Crippen molar-refractivity contribution in [2.45, 2.75) is 43.8 Å². The first-order chi connectivity index (χ1) is 8.57. The number of alkyl halides is 3. The fourth-order valence-corrected chi connectivity index (χ4v) is 3.43. The van der Waals surface area contributed by atoms with Crippen LogP contribution in [-0.2, 0) is 12.6 Å². The summed E-state index contributed by atoms with van der Waals surface area (Å²) in [5, 5.41) is 3.35. The Balaban J connectivity index is 2.03. The zero-order valence-electron chi connectivity index (χ0n) is 10.1. The largest absolute Gasteiger partial charge is 0.416 e. The van der Waals surface area contributed by atoms with Crippen LogP contribution in [0.5, 0.6) is 0 Å². The summed E-state index contributed by atoms with van der Waals surface area (Å²) in [6.45, 7) is 0.935. The summed E-state index contributed by atoms with van der Waals surface area (Å²) in [4.78, 5) is 0. The van der Waals surface area contributed by atoms with Crippen LogP contribution in [0.1, 0.15) is 41.9 Å². The van der Waals surface area contributed by atoms with Crippen LogP contribution in [0.4, 0.5) is 13.2 Å². The van der Waals surface area contributed by atoms with Gasteiger partial charge in [0.2, 0.25) is 0 Å². The van der Waals surface area contributed by atoms with Gasteiger partial charge in [-0.25, -0.2) is 0 Å². The molecule has 1 saturated heterocycles. The van der Waals surface area contributed by atoms with Gasteiger partial charge in [0, 0.05) is 12.0 Å². The van der Waals surface area contributed by atoms with Gasteiger partial charge in [0.15, 0.2) is 0 Å². The van der Waals surface area contributed by atoms with E-state index in [0.29, 0.717) is 5.56 Å². The number of benzene rings is 1. The summed E-state index contributed by atoms with van der Waals surface area (Å²) in [6, 6.07) is 4.84. The molecule has 1 nitrogen and oxygen atoms in total. The van der Waals surface area contributed by atoms with Crippen molar-refractivity contribution in [2.24, 2.45) is 0 Å². The molecule has 0 amide bonds. The van der Waals surface area contributed by atoms with Gasteiger partial charge >= 0.3 is 6.18 Å². The van der Waals surface area contributed by atoms with Crippen LogP contribution in [0, 0.1) is 0 Å². The van der Waals surface area contributed by atoms with Crippen molar-refractivity contribution in [2.75, 3.05) is 6.54 Å². The molecule has 1 aromatic carbocycles. The SMILES string of the molecule is FC(F)(F)c1cccc2c1C(C1CCCN1)CC2. The van der Waals surface area contributed by atoms with Gasteiger partial charge in [0.05, 0.1) is 5.56 Å². The highest BCUT2D eigenvalue weighted by Crippen LogP contribution is 2.44. The molecule has 0 bridgehead atoms. The number of hydrogen-bond acceptors (Lipinski definition) is 1. The molecule has 4 heteroatoms. The minimum absolute atomic E-state index is 0.0420. The second kappa shape index (κ2) is 4.26. The Morgan fingerprint density at radius 2 is 2.00 bits per heavy atom. The molecular formula is C14H16F3N. The summed E-state index contributed by atoms with van der Waals surface area (Å²) < 4.78 is 39.2. The molecule has 0 radical (unpaired) electrons. The molecule has 98 valence electrons. The molecule has 2 atom stereocenters. The predicted molar refractivity (Wildman–Crippen MR) is 63.5 cm³/mol. The minimum Gasteiger partial charge on any atom is -0.313 e. The van der Waals surface area contributed by atoms with E-state index in [-0.39, 0.29) is 12.0 Å². The van der Waals surface area contributed by atoms with E-state index in [1.807, 2.05) is 6.07 Å². The number of hydrogen-bond donors (Lipinski definition) is 1. The zero-order chi connectivity index (χ0) is 12.8. The van der Waals surface area contributed by atoms with E-state index in [4.69, 9.17) is 0 Å². The number of fused-ring (bicyclic) bond motifs is 1. The molecule has 0 aromatic heterocycles. The van der Waals surface area contributed by atoms with Crippen molar-refractivity contribution >= 4 is 0 Å². The van der Waals surface area contributed by atoms with E-state index in [2.05, 4.69) is 5.32 Å². The topological polar surface area (TPSA) is 12.0 Å². The van der Waals surface area contributed by atoms with E-state index in [1.54, 1.807) is 0 Å². The van der Waals surface area contributed by atoms with Crippen molar-refractivity contribution in [3.05, 3.63) is 34.9 Å². The Kier molecular flexibility index (Phi) is 2.85. The predicted octanol–water partition coefficient (Wildman–Crippen LogP) is 3.49. The fraction of sp³-hybridized carbons (Fsp3) is 0.571. The summed E-state index contributed by atoms with van der Waals surface area (Å²) in [7, 11) is 0. The number of halogens is 3. The van der Waals surface area contributed by atoms with Crippen molar-refractivity contribution in [3.63, 3.8) is 0 Å². The third-order valence-corrected chi connectivity index (χ3v) is 4.18. The lowest BCUT2D eigenvalue weighted by Gasteiger charge is -2.23. The average Bonchev–Trinajstić information content (AvgIpc) is 2.95. The first kappa shape index (κ1) is 12.0. The molecule has 1 aromatic rings. The van der Waals surface area contributed by atoms with E-state index in [9.17, 15) is 13.2 Å². The molecule has 1 aliphatic carbocycles.